The van der Waals surface area contributed by atoms with E-state index in [1.807, 2.05) is 6.92 Å². The number of carboxylic acids is 1. The van der Waals surface area contributed by atoms with Crippen molar-refractivity contribution >= 4 is 11.7 Å². The molecule has 0 fully saturated rings. The summed E-state index contributed by atoms with van der Waals surface area (Å²) in [6, 6.07) is -0.454. The summed E-state index contributed by atoms with van der Waals surface area (Å²) in [5.41, 5.74) is 0.961. The predicted octanol–water partition coefficient (Wildman–Crippen LogP) is 0.694. The molecule has 0 spiro atoms. The highest BCUT2D eigenvalue weighted by atomic mass is 16.4. The van der Waals surface area contributed by atoms with Crippen molar-refractivity contribution in [1.82, 2.24) is 0 Å². The van der Waals surface area contributed by atoms with E-state index in [2.05, 4.69) is 4.99 Å². The lowest BCUT2D eigenvalue weighted by Crippen LogP contribution is -2.13. The third-order valence-corrected chi connectivity index (χ3v) is 1.44. The summed E-state index contributed by atoms with van der Waals surface area (Å²) in [6.45, 7) is 1.86. The Kier molecular flexibility index (Phi) is 1.51. The van der Waals surface area contributed by atoms with E-state index in [-0.39, 0.29) is 0 Å². The van der Waals surface area contributed by atoms with Crippen LogP contribution < -0.4 is 0 Å². The van der Waals surface area contributed by atoms with Crippen molar-refractivity contribution in [1.29, 1.82) is 0 Å². The normalized spacial score (nSPS) is 25.9. The van der Waals surface area contributed by atoms with Crippen LogP contribution in [0, 0.1) is 0 Å². The summed E-state index contributed by atoms with van der Waals surface area (Å²) in [6.07, 6.45) is 1.53. The minimum absolute atomic E-state index is 0.454. The molecular formula is C6H9NO2. The van der Waals surface area contributed by atoms with Gasteiger partial charge >= 0.3 is 5.97 Å². The van der Waals surface area contributed by atoms with Crippen molar-refractivity contribution in [2.45, 2.75) is 25.8 Å². The molecule has 0 aliphatic carbocycles. The maximum Gasteiger partial charge on any atom is 0.328 e. The summed E-state index contributed by atoms with van der Waals surface area (Å²) in [5, 5.41) is 8.42. The van der Waals surface area contributed by atoms with Gasteiger partial charge in [-0.25, -0.2) is 4.79 Å². The Labute approximate surface area is 53.4 Å². The maximum atomic E-state index is 10.2. The van der Waals surface area contributed by atoms with Gasteiger partial charge in [0.2, 0.25) is 0 Å². The zero-order chi connectivity index (χ0) is 6.85. The fourth-order valence-corrected chi connectivity index (χ4v) is 0.919. The Hall–Kier alpha value is -0.860. The van der Waals surface area contributed by atoms with E-state index in [4.69, 9.17) is 5.11 Å². The van der Waals surface area contributed by atoms with Crippen LogP contribution in [-0.2, 0) is 4.79 Å². The molecule has 1 aliphatic heterocycles. The van der Waals surface area contributed by atoms with Gasteiger partial charge in [-0.3, -0.25) is 4.99 Å². The van der Waals surface area contributed by atoms with E-state index < -0.39 is 12.0 Å². The molecule has 0 saturated carbocycles. The molecule has 0 aromatic rings. The molecule has 0 saturated heterocycles. The van der Waals surface area contributed by atoms with Gasteiger partial charge in [0.1, 0.15) is 6.04 Å². The minimum atomic E-state index is -0.799. The topological polar surface area (TPSA) is 49.7 Å². The Morgan fingerprint density at radius 2 is 2.56 bits per heavy atom. The maximum absolute atomic E-state index is 10.2. The molecular weight excluding hydrogens is 118 g/mol. The van der Waals surface area contributed by atoms with Crippen molar-refractivity contribution in [3.63, 3.8) is 0 Å². The number of carboxylic acid groups (broad SMARTS) is 1. The van der Waals surface area contributed by atoms with Gasteiger partial charge in [0.15, 0.2) is 0 Å². The smallest absolute Gasteiger partial charge is 0.328 e. The SMILES string of the molecule is CC1=NC(C(=O)O)CC1. The molecule has 1 unspecified atom stereocenters. The summed E-state index contributed by atoms with van der Waals surface area (Å²) in [4.78, 5) is 14.1. The molecule has 1 heterocycles. The van der Waals surface area contributed by atoms with Crippen molar-refractivity contribution in [2.24, 2.45) is 4.99 Å². The number of carbonyl (C=O) groups is 1. The lowest BCUT2D eigenvalue weighted by Gasteiger charge is -1.94. The van der Waals surface area contributed by atoms with Gasteiger partial charge in [0.05, 0.1) is 0 Å². The second kappa shape index (κ2) is 2.17. The first-order chi connectivity index (χ1) is 4.20. The van der Waals surface area contributed by atoms with Gasteiger partial charge < -0.3 is 5.11 Å². The number of aliphatic carboxylic acids is 1. The molecule has 0 amide bonds. The summed E-state index contributed by atoms with van der Waals surface area (Å²) in [7, 11) is 0. The largest absolute Gasteiger partial charge is 0.480 e. The molecule has 3 nitrogen and oxygen atoms in total. The van der Waals surface area contributed by atoms with E-state index in [1.54, 1.807) is 0 Å². The molecule has 0 bridgehead atoms. The first-order valence-electron chi connectivity index (χ1n) is 2.96. The van der Waals surface area contributed by atoms with Gasteiger partial charge in [-0.15, -0.1) is 0 Å². The number of hydrogen-bond acceptors (Lipinski definition) is 2. The van der Waals surface area contributed by atoms with Gasteiger partial charge in [0.25, 0.3) is 0 Å². The summed E-state index contributed by atoms with van der Waals surface area (Å²) in [5.74, 6) is -0.799. The molecule has 3 heteroatoms. The van der Waals surface area contributed by atoms with Crippen LogP contribution >= 0.6 is 0 Å². The lowest BCUT2D eigenvalue weighted by atomic mass is 10.2. The summed E-state index contributed by atoms with van der Waals surface area (Å²) < 4.78 is 0. The van der Waals surface area contributed by atoms with Gasteiger partial charge in [-0.05, 0) is 19.8 Å². The van der Waals surface area contributed by atoms with E-state index in [0.29, 0.717) is 6.42 Å². The predicted molar refractivity (Wildman–Crippen MR) is 33.8 cm³/mol. The van der Waals surface area contributed by atoms with Crippen LogP contribution in [0.5, 0.6) is 0 Å². The number of rotatable bonds is 1. The van der Waals surface area contributed by atoms with Gasteiger partial charge in [-0.2, -0.15) is 0 Å². The van der Waals surface area contributed by atoms with Crippen LogP contribution in [0.2, 0.25) is 0 Å². The van der Waals surface area contributed by atoms with Gasteiger partial charge in [0, 0.05) is 5.71 Å². The zero-order valence-electron chi connectivity index (χ0n) is 5.29. The fraction of sp³-hybridized carbons (Fsp3) is 0.667. The molecule has 9 heavy (non-hydrogen) atoms. The Morgan fingerprint density at radius 3 is 2.78 bits per heavy atom. The monoisotopic (exact) mass is 127 g/mol. The second-order valence-corrected chi connectivity index (χ2v) is 2.26. The Bertz CT molecular complexity index is 162. The first-order valence-corrected chi connectivity index (χ1v) is 2.96. The van der Waals surface area contributed by atoms with Crippen LogP contribution in [0.3, 0.4) is 0 Å². The quantitative estimate of drug-likeness (QED) is 0.563. The lowest BCUT2D eigenvalue weighted by molar-refractivity contribution is -0.138. The number of hydrogen-bond donors (Lipinski definition) is 1. The van der Waals surface area contributed by atoms with Crippen molar-refractivity contribution in [3.8, 4) is 0 Å². The number of aliphatic imine (C=N–C) groups is 1. The zero-order valence-corrected chi connectivity index (χ0v) is 5.29. The van der Waals surface area contributed by atoms with Crippen molar-refractivity contribution in [2.75, 3.05) is 0 Å². The van der Waals surface area contributed by atoms with E-state index in [9.17, 15) is 4.79 Å². The van der Waals surface area contributed by atoms with E-state index in [0.717, 1.165) is 12.1 Å². The Balaban J connectivity index is 2.57. The van der Waals surface area contributed by atoms with Crippen LogP contribution in [0.25, 0.3) is 0 Å². The molecule has 1 aliphatic rings. The molecule has 0 aromatic carbocycles. The molecule has 1 N–H and O–H groups in total. The number of nitrogens with zero attached hydrogens (tertiary/aromatic N) is 1. The van der Waals surface area contributed by atoms with Crippen LogP contribution in [0.15, 0.2) is 4.99 Å². The standard InChI is InChI=1S/C6H9NO2/c1-4-2-3-5(7-4)6(8)9/h5H,2-3H2,1H3,(H,8,9). The highest BCUT2D eigenvalue weighted by Gasteiger charge is 2.20. The average molecular weight is 127 g/mol. The fourth-order valence-electron chi connectivity index (χ4n) is 0.919. The second-order valence-electron chi connectivity index (χ2n) is 2.26. The van der Waals surface area contributed by atoms with Crippen molar-refractivity contribution in [3.05, 3.63) is 0 Å². The summed E-state index contributed by atoms with van der Waals surface area (Å²) >= 11 is 0. The molecule has 50 valence electrons. The van der Waals surface area contributed by atoms with Crippen LogP contribution in [0.4, 0.5) is 0 Å². The van der Waals surface area contributed by atoms with Gasteiger partial charge in [-0.1, -0.05) is 0 Å². The average Bonchev–Trinajstić information content (AvgIpc) is 2.14. The molecule has 1 rings (SSSR count). The van der Waals surface area contributed by atoms with Crippen molar-refractivity contribution < 1.29 is 9.90 Å². The van der Waals surface area contributed by atoms with Crippen LogP contribution in [-0.4, -0.2) is 22.8 Å². The minimum Gasteiger partial charge on any atom is -0.480 e. The molecule has 0 radical (unpaired) electrons. The van der Waals surface area contributed by atoms with E-state index in [1.165, 1.54) is 0 Å². The third kappa shape index (κ3) is 1.28. The first kappa shape index (κ1) is 6.26. The van der Waals surface area contributed by atoms with E-state index >= 15 is 0 Å². The molecule has 1 atom stereocenters. The molecule has 0 aromatic heterocycles. The Morgan fingerprint density at radius 1 is 1.89 bits per heavy atom. The highest BCUT2D eigenvalue weighted by Crippen LogP contribution is 2.12. The highest BCUT2D eigenvalue weighted by molar-refractivity contribution is 5.88. The van der Waals surface area contributed by atoms with Crippen LogP contribution in [0.1, 0.15) is 19.8 Å². The third-order valence-electron chi connectivity index (χ3n) is 1.44.